The van der Waals surface area contributed by atoms with E-state index in [4.69, 9.17) is 5.26 Å². The number of aliphatic imine (C=N–C) groups is 1. The van der Waals surface area contributed by atoms with E-state index in [9.17, 15) is 4.39 Å². The molecule has 0 aromatic heterocycles. The second-order valence-electron chi connectivity index (χ2n) is 6.96. The lowest BCUT2D eigenvalue weighted by Gasteiger charge is -2.34. The smallest absolute Gasteiger partial charge is 0.191 e. The molecule has 1 heterocycles. The summed E-state index contributed by atoms with van der Waals surface area (Å²) < 4.78 is 13.9. The van der Waals surface area contributed by atoms with Gasteiger partial charge in [0.2, 0.25) is 0 Å². The van der Waals surface area contributed by atoms with Gasteiger partial charge in [-0.25, -0.2) is 4.39 Å². The second kappa shape index (κ2) is 11.3. The highest BCUT2D eigenvalue weighted by Gasteiger charge is 2.20. The van der Waals surface area contributed by atoms with Gasteiger partial charge in [0.1, 0.15) is 5.82 Å². The van der Waals surface area contributed by atoms with Crippen LogP contribution in [0.15, 0.2) is 23.2 Å². The molecule has 0 atom stereocenters. The third-order valence-corrected chi connectivity index (χ3v) is 4.40. The molecule has 2 rings (SSSR count). The average Bonchev–Trinajstić information content (AvgIpc) is 2.60. The first-order chi connectivity index (χ1) is 12.0. The monoisotopic (exact) mass is 473 g/mol. The lowest BCUT2D eigenvalue weighted by Crippen LogP contribution is -2.49. The fourth-order valence-corrected chi connectivity index (χ4v) is 3.12. The molecular weight excluding hydrogens is 444 g/mol. The number of nitrogens with zero attached hydrogens (tertiary/aromatic N) is 3. The molecule has 0 radical (unpaired) electrons. The number of guanidine groups is 1. The van der Waals surface area contributed by atoms with Gasteiger partial charge in [-0.3, -0.25) is 4.99 Å². The van der Waals surface area contributed by atoms with Crippen LogP contribution in [0.5, 0.6) is 0 Å². The van der Waals surface area contributed by atoms with Crippen LogP contribution in [0, 0.1) is 23.1 Å². The second-order valence-corrected chi connectivity index (χ2v) is 6.96. The zero-order valence-electron chi connectivity index (χ0n) is 15.8. The standard InChI is InChI=1S/C19H28FN5.HI/c1-14(2)13-25-8-6-17(7-9-25)24-19(22-3)23-12-16-10-15(11-21)4-5-18(16)20;/h4-5,10,14,17H,6-9,12-13H2,1-3H3,(H2,22,23,24);1H. The van der Waals surface area contributed by atoms with Crippen molar-refractivity contribution in [2.45, 2.75) is 39.3 Å². The predicted molar refractivity (Wildman–Crippen MR) is 114 cm³/mol. The fourth-order valence-electron chi connectivity index (χ4n) is 3.12. The van der Waals surface area contributed by atoms with Crippen LogP contribution in [-0.2, 0) is 6.54 Å². The summed E-state index contributed by atoms with van der Waals surface area (Å²) in [5.74, 6) is 1.05. The molecule has 0 amide bonds. The van der Waals surface area contributed by atoms with Crippen LogP contribution in [0.1, 0.15) is 37.8 Å². The Labute approximate surface area is 173 Å². The van der Waals surface area contributed by atoms with E-state index in [-0.39, 0.29) is 29.8 Å². The average molecular weight is 473 g/mol. The number of piperidine rings is 1. The Morgan fingerprint density at radius 2 is 2.08 bits per heavy atom. The van der Waals surface area contributed by atoms with E-state index in [1.54, 1.807) is 13.1 Å². The Morgan fingerprint density at radius 3 is 2.65 bits per heavy atom. The molecular formula is C19H29FIN5. The zero-order chi connectivity index (χ0) is 18.2. The van der Waals surface area contributed by atoms with E-state index in [2.05, 4.69) is 34.4 Å². The summed E-state index contributed by atoms with van der Waals surface area (Å²) in [5.41, 5.74) is 0.924. The first-order valence-corrected chi connectivity index (χ1v) is 8.90. The Kier molecular flexibility index (Phi) is 9.88. The highest BCUT2D eigenvalue weighted by molar-refractivity contribution is 14.0. The van der Waals surface area contributed by atoms with Gasteiger partial charge >= 0.3 is 0 Å². The lowest BCUT2D eigenvalue weighted by atomic mass is 10.0. The first kappa shape index (κ1) is 22.6. The molecule has 0 aliphatic carbocycles. The summed E-state index contributed by atoms with van der Waals surface area (Å²) in [4.78, 5) is 6.73. The Balaban J connectivity index is 0.00000338. The maximum absolute atomic E-state index is 13.9. The van der Waals surface area contributed by atoms with Crippen molar-refractivity contribution in [1.82, 2.24) is 15.5 Å². The molecule has 26 heavy (non-hydrogen) atoms. The van der Waals surface area contributed by atoms with E-state index in [0.717, 1.165) is 32.5 Å². The van der Waals surface area contributed by atoms with Crippen molar-refractivity contribution in [3.05, 3.63) is 35.1 Å². The van der Waals surface area contributed by atoms with Crippen molar-refractivity contribution in [1.29, 1.82) is 5.26 Å². The SMILES string of the molecule is CN=C(NCc1cc(C#N)ccc1F)NC1CCN(CC(C)C)CC1.I. The van der Waals surface area contributed by atoms with Crippen LogP contribution in [0.4, 0.5) is 4.39 Å². The van der Waals surface area contributed by atoms with Gasteiger partial charge in [0.15, 0.2) is 5.96 Å². The molecule has 0 bridgehead atoms. The van der Waals surface area contributed by atoms with Crippen molar-refractivity contribution < 1.29 is 4.39 Å². The van der Waals surface area contributed by atoms with E-state index in [1.165, 1.54) is 12.1 Å². The maximum Gasteiger partial charge on any atom is 0.191 e. The van der Waals surface area contributed by atoms with Crippen molar-refractivity contribution in [2.24, 2.45) is 10.9 Å². The molecule has 0 unspecified atom stereocenters. The van der Waals surface area contributed by atoms with Gasteiger partial charge in [-0.2, -0.15) is 5.26 Å². The molecule has 1 aliphatic rings. The maximum atomic E-state index is 13.9. The number of likely N-dealkylation sites (tertiary alicyclic amines) is 1. The van der Waals surface area contributed by atoms with Crippen molar-refractivity contribution in [3.63, 3.8) is 0 Å². The molecule has 7 heteroatoms. The van der Waals surface area contributed by atoms with Crippen LogP contribution in [0.25, 0.3) is 0 Å². The van der Waals surface area contributed by atoms with Gasteiger partial charge in [0, 0.05) is 44.8 Å². The van der Waals surface area contributed by atoms with Crippen molar-refractivity contribution in [2.75, 3.05) is 26.7 Å². The van der Waals surface area contributed by atoms with E-state index >= 15 is 0 Å². The highest BCUT2D eigenvalue weighted by Crippen LogP contribution is 2.12. The molecule has 0 spiro atoms. The fraction of sp³-hybridized carbons (Fsp3) is 0.579. The predicted octanol–water partition coefficient (Wildman–Crippen LogP) is 3.10. The van der Waals surface area contributed by atoms with Crippen LogP contribution in [-0.4, -0.2) is 43.6 Å². The molecule has 0 saturated carbocycles. The Bertz CT molecular complexity index is 633. The minimum Gasteiger partial charge on any atom is -0.354 e. The molecule has 144 valence electrons. The van der Waals surface area contributed by atoms with E-state index in [1.807, 2.05) is 6.07 Å². The van der Waals surface area contributed by atoms with Crippen molar-refractivity contribution >= 4 is 29.9 Å². The number of benzene rings is 1. The molecule has 1 aromatic rings. The minimum absolute atomic E-state index is 0. The number of nitrogens with one attached hydrogen (secondary N) is 2. The number of rotatable bonds is 5. The van der Waals surface area contributed by atoms with Gasteiger partial charge in [-0.1, -0.05) is 13.8 Å². The number of hydrogen-bond acceptors (Lipinski definition) is 3. The molecule has 2 N–H and O–H groups in total. The number of halogens is 2. The van der Waals surface area contributed by atoms with Gasteiger partial charge in [-0.05, 0) is 37.0 Å². The minimum atomic E-state index is -0.316. The quantitative estimate of drug-likeness (QED) is 0.392. The van der Waals surface area contributed by atoms with Gasteiger partial charge in [0.05, 0.1) is 11.6 Å². The topological polar surface area (TPSA) is 63.5 Å². The Hall–Kier alpha value is -1.40. The van der Waals surface area contributed by atoms with Crippen LogP contribution in [0.2, 0.25) is 0 Å². The van der Waals surface area contributed by atoms with Crippen LogP contribution in [0.3, 0.4) is 0 Å². The summed E-state index contributed by atoms with van der Waals surface area (Å²) in [7, 11) is 1.71. The molecule has 1 saturated heterocycles. The third-order valence-electron chi connectivity index (χ3n) is 4.40. The number of hydrogen-bond donors (Lipinski definition) is 2. The molecule has 1 fully saturated rings. The number of nitriles is 1. The van der Waals surface area contributed by atoms with Crippen LogP contribution >= 0.6 is 24.0 Å². The normalized spacial score (nSPS) is 16.1. The summed E-state index contributed by atoms with van der Waals surface area (Å²) in [6.07, 6.45) is 2.15. The largest absolute Gasteiger partial charge is 0.354 e. The van der Waals surface area contributed by atoms with Gasteiger partial charge < -0.3 is 15.5 Å². The van der Waals surface area contributed by atoms with E-state index < -0.39 is 0 Å². The third kappa shape index (κ3) is 7.08. The van der Waals surface area contributed by atoms with E-state index in [0.29, 0.717) is 35.6 Å². The van der Waals surface area contributed by atoms with Crippen LogP contribution < -0.4 is 10.6 Å². The summed E-state index contributed by atoms with van der Waals surface area (Å²) >= 11 is 0. The highest BCUT2D eigenvalue weighted by atomic mass is 127. The van der Waals surface area contributed by atoms with Crippen molar-refractivity contribution in [3.8, 4) is 6.07 Å². The zero-order valence-corrected chi connectivity index (χ0v) is 18.1. The molecule has 5 nitrogen and oxygen atoms in total. The lowest BCUT2D eigenvalue weighted by molar-refractivity contribution is 0.187. The summed E-state index contributed by atoms with van der Waals surface area (Å²) in [6, 6.07) is 6.80. The Morgan fingerprint density at radius 1 is 1.38 bits per heavy atom. The molecule has 1 aromatic carbocycles. The first-order valence-electron chi connectivity index (χ1n) is 8.90. The summed E-state index contributed by atoms with van der Waals surface area (Å²) in [6.45, 7) is 8.12. The summed E-state index contributed by atoms with van der Waals surface area (Å²) in [5, 5.41) is 15.5. The molecule has 1 aliphatic heterocycles. The van der Waals surface area contributed by atoms with Gasteiger partial charge in [-0.15, -0.1) is 24.0 Å². The van der Waals surface area contributed by atoms with Gasteiger partial charge in [0.25, 0.3) is 0 Å².